The molecule has 1 amide bonds. The summed E-state index contributed by atoms with van der Waals surface area (Å²) in [6.45, 7) is 0. The van der Waals surface area contributed by atoms with E-state index < -0.39 is 12.1 Å². The van der Waals surface area contributed by atoms with Crippen LogP contribution in [0.4, 0.5) is 4.39 Å². The number of pyridine rings is 3. The molecule has 0 unspecified atom stereocenters. The molecule has 6 nitrogen and oxygen atoms in total. The Bertz CT molecular complexity index is 1160. The van der Waals surface area contributed by atoms with Crippen molar-refractivity contribution in [1.82, 2.24) is 20.3 Å². The van der Waals surface area contributed by atoms with E-state index in [-0.39, 0.29) is 11.9 Å². The van der Waals surface area contributed by atoms with Crippen molar-refractivity contribution in [1.29, 1.82) is 0 Å². The Morgan fingerprint density at radius 3 is 2.65 bits per heavy atom. The second kappa shape index (κ2) is 9.97. The number of aliphatic hydroxyl groups is 1. The Balaban J connectivity index is 1.38. The maximum absolute atomic E-state index is 13.1. The molecule has 2 aliphatic rings. The van der Waals surface area contributed by atoms with Gasteiger partial charge in [0.25, 0.3) is 5.91 Å². The topological polar surface area (TPSA) is 88.0 Å². The number of hydrogen-bond acceptors (Lipinski definition) is 5. The zero-order valence-electron chi connectivity index (χ0n) is 19.1. The largest absolute Gasteiger partial charge is 0.391 e. The zero-order valence-corrected chi connectivity index (χ0v) is 19.1. The van der Waals surface area contributed by atoms with Gasteiger partial charge in [0, 0.05) is 23.7 Å². The SMILES string of the molecule is O=C(N[C@H]1CCCC[C@@H]1O)c1cc(Cc2ccc(-c3ccc(F)nc3)nc2)c2c(n1)CCCC2. The fourth-order valence-electron chi connectivity index (χ4n) is 5.03. The van der Waals surface area contributed by atoms with Crippen LogP contribution in [0.2, 0.25) is 0 Å². The lowest BCUT2D eigenvalue weighted by atomic mass is 9.89. The standard InChI is InChI=1S/C27H29FN4O2/c28-26-12-10-18(16-30-26)21-11-9-17(15-29-21)13-19-14-24(31-22-6-2-1-5-20(19)22)27(34)32-23-7-3-4-8-25(23)33/h9-12,14-16,23,25,33H,1-8,13H2,(H,32,34)/t23-,25-/m0/s1. The van der Waals surface area contributed by atoms with E-state index in [1.54, 1.807) is 6.07 Å². The Morgan fingerprint density at radius 1 is 1.03 bits per heavy atom. The van der Waals surface area contributed by atoms with Crippen molar-refractivity contribution < 1.29 is 14.3 Å². The van der Waals surface area contributed by atoms with E-state index in [9.17, 15) is 14.3 Å². The Kier molecular flexibility index (Phi) is 6.63. The summed E-state index contributed by atoms with van der Waals surface area (Å²) in [7, 11) is 0. The summed E-state index contributed by atoms with van der Waals surface area (Å²) in [5.74, 6) is -0.724. The van der Waals surface area contributed by atoms with Crippen molar-refractivity contribution in [2.75, 3.05) is 0 Å². The van der Waals surface area contributed by atoms with Crippen LogP contribution >= 0.6 is 0 Å². The van der Waals surface area contributed by atoms with E-state index in [0.717, 1.165) is 79.4 Å². The van der Waals surface area contributed by atoms with Crippen LogP contribution in [-0.4, -0.2) is 38.1 Å². The average Bonchev–Trinajstić information content (AvgIpc) is 2.86. The van der Waals surface area contributed by atoms with Crippen LogP contribution < -0.4 is 5.32 Å². The molecule has 176 valence electrons. The van der Waals surface area contributed by atoms with Gasteiger partial charge in [0.05, 0.1) is 17.8 Å². The van der Waals surface area contributed by atoms with Crippen LogP contribution in [0.25, 0.3) is 11.3 Å². The summed E-state index contributed by atoms with van der Waals surface area (Å²) in [5.41, 5.74) is 6.32. The summed E-state index contributed by atoms with van der Waals surface area (Å²) in [6.07, 6.45) is 11.1. The Morgan fingerprint density at radius 2 is 1.88 bits per heavy atom. The number of carbonyl (C=O) groups excluding carboxylic acids is 1. The summed E-state index contributed by atoms with van der Waals surface area (Å²) in [6, 6.07) is 8.62. The van der Waals surface area contributed by atoms with Crippen LogP contribution in [0.15, 0.2) is 42.7 Å². The highest BCUT2D eigenvalue weighted by molar-refractivity contribution is 5.93. The van der Waals surface area contributed by atoms with Crippen molar-refractivity contribution in [3.05, 3.63) is 76.8 Å². The molecule has 5 rings (SSSR count). The van der Waals surface area contributed by atoms with E-state index in [2.05, 4.69) is 15.3 Å². The number of nitrogens with zero attached hydrogens (tertiary/aromatic N) is 3. The molecule has 3 aromatic rings. The van der Waals surface area contributed by atoms with Gasteiger partial charge in [-0.2, -0.15) is 4.39 Å². The minimum Gasteiger partial charge on any atom is -0.391 e. The van der Waals surface area contributed by atoms with Gasteiger partial charge in [-0.25, -0.2) is 9.97 Å². The fourth-order valence-corrected chi connectivity index (χ4v) is 5.03. The lowest BCUT2D eigenvalue weighted by Gasteiger charge is -2.28. The lowest BCUT2D eigenvalue weighted by molar-refractivity contribution is 0.0713. The number of aromatic nitrogens is 3. The summed E-state index contributed by atoms with van der Waals surface area (Å²) in [4.78, 5) is 26.0. The Hall–Kier alpha value is -3.19. The number of nitrogens with one attached hydrogen (secondary N) is 1. The first-order valence-corrected chi connectivity index (χ1v) is 12.1. The number of aryl methyl sites for hydroxylation is 1. The first kappa shape index (κ1) is 22.6. The first-order chi connectivity index (χ1) is 16.6. The minimum atomic E-state index is -0.513. The summed E-state index contributed by atoms with van der Waals surface area (Å²) >= 11 is 0. The number of rotatable bonds is 5. The van der Waals surface area contributed by atoms with Gasteiger partial charge in [-0.15, -0.1) is 0 Å². The second-order valence-electron chi connectivity index (χ2n) is 9.33. The molecule has 0 aromatic carbocycles. The number of aliphatic hydroxyl groups excluding tert-OH is 1. The van der Waals surface area contributed by atoms with Crippen molar-refractivity contribution in [3.63, 3.8) is 0 Å². The van der Waals surface area contributed by atoms with E-state index in [1.807, 2.05) is 24.4 Å². The molecule has 0 spiro atoms. The van der Waals surface area contributed by atoms with Gasteiger partial charge in [0.2, 0.25) is 5.95 Å². The monoisotopic (exact) mass is 460 g/mol. The third kappa shape index (κ3) is 4.99. The molecule has 0 radical (unpaired) electrons. The molecule has 1 saturated carbocycles. The molecular formula is C27H29FN4O2. The summed E-state index contributed by atoms with van der Waals surface area (Å²) < 4.78 is 13.1. The highest BCUT2D eigenvalue weighted by atomic mass is 19.1. The van der Waals surface area contributed by atoms with Crippen molar-refractivity contribution >= 4 is 5.91 Å². The van der Waals surface area contributed by atoms with Crippen LogP contribution in [0.1, 0.15) is 71.4 Å². The van der Waals surface area contributed by atoms with Gasteiger partial charge in [-0.1, -0.05) is 18.9 Å². The molecule has 1 fully saturated rings. The quantitative estimate of drug-likeness (QED) is 0.558. The molecule has 2 N–H and O–H groups in total. The van der Waals surface area contributed by atoms with Gasteiger partial charge in [0.15, 0.2) is 0 Å². The molecule has 0 aliphatic heterocycles. The fraction of sp³-hybridized carbons (Fsp3) is 0.407. The molecule has 0 bridgehead atoms. The van der Waals surface area contributed by atoms with Crippen LogP contribution in [-0.2, 0) is 19.3 Å². The third-order valence-electron chi connectivity index (χ3n) is 6.91. The third-order valence-corrected chi connectivity index (χ3v) is 6.91. The van der Waals surface area contributed by atoms with E-state index >= 15 is 0 Å². The van der Waals surface area contributed by atoms with Crippen molar-refractivity contribution in [3.8, 4) is 11.3 Å². The van der Waals surface area contributed by atoms with E-state index in [1.165, 1.54) is 17.8 Å². The Labute approximate surface area is 198 Å². The average molecular weight is 461 g/mol. The predicted octanol–water partition coefficient (Wildman–Crippen LogP) is 4.18. The second-order valence-corrected chi connectivity index (χ2v) is 9.33. The van der Waals surface area contributed by atoms with Gasteiger partial charge < -0.3 is 10.4 Å². The molecule has 2 aliphatic carbocycles. The number of carbonyl (C=O) groups is 1. The maximum atomic E-state index is 13.1. The normalized spacial score (nSPS) is 19.9. The van der Waals surface area contributed by atoms with E-state index in [4.69, 9.17) is 4.98 Å². The number of fused-ring (bicyclic) bond motifs is 1. The van der Waals surface area contributed by atoms with Gasteiger partial charge in [-0.3, -0.25) is 9.78 Å². The highest BCUT2D eigenvalue weighted by Crippen LogP contribution is 2.27. The first-order valence-electron chi connectivity index (χ1n) is 12.1. The smallest absolute Gasteiger partial charge is 0.270 e. The number of amides is 1. The number of hydrogen-bond donors (Lipinski definition) is 2. The molecular weight excluding hydrogens is 431 g/mol. The van der Waals surface area contributed by atoms with Crippen molar-refractivity contribution in [2.45, 2.75) is 69.9 Å². The van der Waals surface area contributed by atoms with Crippen LogP contribution in [0, 0.1) is 5.95 Å². The zero-order chi connectivity index (χ0) is 23.5. The molecule has 7 heteroatoms. The lowest BCUT2D eigenvalue weighted by Crippen LogP contribution is -2.45. The molecule has 0 saturated heterocycles. The van der Waals surface area contributed by atoms with Gasteiger partial charge in [0.1, 0.15) is 5.69 Å². The number of halogens is 1. The molecule has 2 atom stereocenters. The van der Waals surface area contributed by atoms with Gasteiger partial charge >= 0.3 is 0 Å². The van der Waals surface area contributed by atoms with Crippen LogP contribution in [0.5, 0.6) is 0 Å². The maximum Gasteiger partial charge on any atom is 0.270 e. The predicted molar refractivity (Wildman–Crippen MR) is 127 cm³/mol. The van der Waals surface area contributed by atoms with Crippen molar-refractivity contribution in [2.24, 2.45) is 0 Å². The van der Waals surface area contributed by atoms with Gasteiger partial charge in [-0.05, 0) is 85.9 Å². The highest BCUT2D eigenvalue weighted by Gasteiger charge is 2.26. The van der Waals surface area contributed by atoms with E-state index in [0.29, 0.717) is 12.1 Å². The molecule has 3 aromatic heterocycles. The summed E-state index contributed by atoms with van der Waals surface area (Å²) in [5, 5.41) is 13.3. The molecule has 34 heavy (non-hydrogen) atoms. The molecule has 3 heterocycles. The minimum absolute atomic E-state index is 0.208. The van der Waals surface area contributed by atoms with Crippen LogP contribution in [0.3, 0.4) is 0 Å².